The minimum Gasteiger partial charge on any atom is -0.435 e. The summed E-state index contributed by atoms with van der Waals surface area (Å²) in [4.78, 5) is 31.9. The molecule has 5 aromatic rings. The summed E-state index contributed by atoms with van der Waals surface area (Å²) in [5.74, 6) is -0.0347. The van der Waals surface area contributed by atoms with Crippen LogP contribution >= 0.6 is 22.9 Å². The number of carbonyl (C=O) groups excluding carboxylic acids is 2. The molecular weight excluding hydrogens is 478 g/mol. The number of rotatable bonds is 4. The molecule has 4 nitrogen and oxygen atoms in total. The van der Waals surface area contributed by atoms with Crippen LogP contribution in [0, 0.1) is 0 Å². The van der Waals surface area contributed by atoms with Crippen LogP contribution < -0.4 is 0 Å². The van der Waals surface area contributed by atoms with E-state index in [-0.39, 0.29) is 17.1 Å². The van der Waals surface area contributed by atoms with Gasteiger partial charge in [0.15, 0.2) is 22.0 Å². The highest BCUT2D eigenvalue weighted by Crippen LogP contribution is 2.36. The number of halogens is 1. The van der Waals surface area contributed by atoms with Crippen molar-refractivity contribution in [3.05, 3.63) is 105 Å². The van der Waals surface area contributed by atoms with E-state index in [1.807, 2.05) is 55.5 Å². The Hall–Kier alpha value is -3.80. The Morgan fingerprint density at radius 2 is 1.54 bits per heavy atom. The molecule has 35 heavy (non-hydrogen) atoms. The van der Waals surface area contributed by atoms with Gasteiger partial charge in [-0.25, -0.2) is 0 Å². The SMILES string of the molecule is CCc1cc2c(cc1Cl)C(=O)/C(=C/c1cc3oc(-c4ccc(-c5ccccc5)cc4)nc3s1)C2=O. The molecule has 0 unspecified atom stereocenters. The number of oxazole rings is 1. The van der Waals surface area contributed by atoms with Crippen molar-refractivity contribution in [2.45, 2.75) is 13.3 Å². The van der Waals surface area contributed by atoms with Crippen LogP contribution in [0.25, 0.3) is 39.1 Å². The first-order valence-electron chi connectivity index (χ1n) is 11.2. The molecule has 0 fully saturated rings. The molecule has 0 atom stereocenters. The molecule has 1 aliphatic carbocycles. The van der Waals surface area contributed by atoms with Crippen molar-refractivity contribution in [2.24, 2.45) is 0 Å². The van der Waals surface area contributed by atoms with Crippen molar-refractivity contribution >= 4 is 51.0 Å². The second-order valence-electron chi connectivity index (χ2n) is 8.34. The molecule has 0 saturated heterocycles. The highest BCUT2D eigenvalue weighted by atomic mass is 35.5. The van der Waals surface area contributed by atoms with Gasteiger partial charge in [0.25, 0.3) is 0 Å². The van der Waals surface area contributed by atoms with Gasteiger partial charge >= 0.3 is 0 Å². The Balaban J connectivity index is 1.29. The number of Topliss-reactive ketones (excluding diaryl/α,β-unsaturated/α-hetero) is 2. The number of fused-ring (bicyclic) bond motifs is 2. The number of aromatic nitrogens is 1. The molecule has 0 N–H and O–H groups in total. The zero-order valence-corrected chi connectivity index (χ0v) is 20.2. The van der Waals surface area contributed by atoms with Crippen LogP contribution in [0.15, 0.2) is 82.8 Å². The summed E-state index contributed by atoms with van der Waals surface area (Å²) in [6.07, 6.45) is 2.32. The molecule has 2 aromatic heterocycles. The lowest BCUT2D eigenvalue weighted by Gasteiger charge is -2.03. The van der Waals surface area contributed by atoms with E-state index in [0.717, 1.165) is 27.1 Å². The number of hydrogen-bond acceptors (Lipinski definition) is 5. The second-order valence-corrected chi connectivity index (χ2v) is 9.81. The van der Waals surface area contributed by atoms with Gasteiger partial charge in [-0.15, -0.1) is 11.3 Å². The largest absolute Gasteiger partial charge is 0.435 e. The lowest BCUT2D eigenvalue weighted by Crippen LogP contribution is -1.99. The summed E-state index contributed by atoms with van der Waals surface area (Å²) < 4.78 is 5.99. The van der Waals surface area contributed by atoms with E-state index in [0.29, 0.717) is 38.9 Å². The van der Waals surface area contributed by atoms with E-state index < -0.39 is 0 Å². The van der Waals surface area contributed by atoms with E-state index in [9.17, 15) is 9.59 Å². The number of thiophene rings is 1. The van der Waals surface area contributed by atoms with Crippen molar-refractivity contribution in [3.8, 4) is 22.6 Å². The average molecular weight is 496 g/mol. The highest BCUT2D eigenvalue weighted by Gasteiger charge is 2.34. The number of hydrogen-bond donors (Lipinski definition) is 0. The zero-order chi connectivity index (χ0) is 24.1. The van der Waals surface area contributed by atoms with Crippen LogP contribution in [-0.2, 0) is 6.42 Å². The number of benzene rings is 3. The van der Waals surface area contributed by atoms with Crippen molar-refractivity contribution < 1.29 is 14.0 Å². The quantitative estimate of drug-likeness (QED) is 0.188. The maximum absolute atomic E-state index is 12.9. The summed E-state index contributed by atoms with van der Waals surface area (Å²) in [6.45, 7) is 1.96. The Labute approximate surface area is 210 Å². The molecule has 0 saturated carbocycles. The van der Waals surface area contributed by atoms with E-state index in [4.69, 9.17) is 16.0 Å². The molecule has 0 bridgehead atoms. The third-order valence-electron chi connectivity index (χ3n) is 6.18. The van der Waals surface area contributed by atoms with Crippen LogP contribution in [-0.4, -0.2) is 16.6 Å². The standard InChI is InChI=1S/C29H18ClNO3S/c1-2-16-12-21-22(15-24(16)30)27(33)23(26(21)32)13-20-14-25-29(35-20)31-28(34-25)19-10-8-18(9-11-19)17-6-4-3-5-7-17/h3-15H,2H2,1H3/b23-13+. The van der Waals surface area contributed by atoms with E-state index >= 15 is 0 Å². The van der Waals surface area contributed by atoms with Crippen LogP contribution in [0.5, 0.6) is 0 Å². The van der Waals surface area contributed by atoms with Gasteiger partial charge in [0.1, 0.15) is 0 Å². The lowest BCUT2D eigenvalue weighted by molar-refractivity contribution is 0.0990. The summed E-state index contributed by atoms with van der Waals surface area (Å²) in [6, 6.07) is 23.4. The maximum Gasteiger partial charge on any atom is 0.228 e. The molecule has 6 rings (SSSR count). The van der Waals surface area contributed by atoms with Gasteiger partial charge in [-0.3, -0.25) is 9.59 Å². The monoisotopic (exact) mass is 495 g/mol. The Morgan fingerprint density at radius 3 is 2.23 bits per heavy atom. The fourth-order valence-electron chi connectivity index (χ4n) is 4.31. The predicted octanol–water partition coefficient (Wildman–Crippen LogP) is 7.90. The van der Waals surface area contributed by atoms with Gasteiger partial charge in [-0.2, -0.15) is 4.98 Å². The third kappa shape index (κ3) is 3.73. The number of allylic oxidation sites excluding steroid dienone is 1. The van der Waals surface area contributed by atoms with Gasteiger partial charge in [-0.05, 0) is 53.5 Å². The average Bonchev–Trinajstić information content (AvgIpc) is 3.51. The topological polar surface area (TPSA) is 60.2 Å². The zero-order valence-electron chi connectivity index (χ0n) is 18.7. The van der Waals surface area contributed by atoms with E-state index in [1.165, 1.54) is 11.3 Å². The number of nitrogens with zero attached hydrogens (tertiary/aromatic N) is 1. The van der Waals surface area contributed by atoms with Crippen molar-refractivity contribution in [2.75, 3.05) is 0 Å². The molecule has 0 amide bonds. The number of ketones is 2. The fourth-order valence-corrected chi connectivity index (χ4v) is 5.51. The van der Waals surface area contributed by atoms with E-state index in [2.05, 4.69) is 17.1 Å². The third-order valence-corrected chi connectivity index (χ3v) is 7.49. The molecular formula is C29H18ClNO3S. The summed E-state index contributed by atoms with van der Waals surface area (Å²) in [5.41, 5.74) is 5.56. The molecule has 1 aliphatic rings. The second kappa shape index (κ2) is 8.45. The molecule has 6 heteroatoms. The summed E-state index contributed by atoms with van der Waals surface area (Å²) in [7, 11) is 0. The molecule has 0 radical (unpaired) electrons. The highest BCUT2D eigenvalue weighted by molar-refractivity contribution is 7.19. The Kier molecular flexibility index (Phi) is 5.24. The van der Waals surface area contributed by atoms with Gasteiger partial charge < -0.3 is 4.42 Å². The molecule has 2 heterocycles. The van der Waals surface area contributed by atoms with Crippen LogP contribution in [0.1, 0.15) is 38.1 Å². The maximum atomic E-state index is 12.9. The van der Waals surface area contributed by atoms with Gasteiger partial charge in [0, 0.05) is 32.7 Å². The molecule has 170 valence electrons. The normalized spacial score (nSPS) is 14.3. The van der Waals surface area contributed by atoms with Crippen molar-refractivity contribution in [3.63, 3.8) is 0 Å². The first-order chi connectivity index (χ1) is 17.0. The fraction of sp³-hybridized carbons (Fsp3) is 0.0690. The molecule has 0 aliphatic heterocycles. The first-order valence-corrected chi connectivity index (χ1v) is 12.4. The van der Waals surface area contributed by atoms with Crippen molar-refractivity contribution in [1.82, 2.24) is 4.98 Å². The molecule has 3 aromatic carbocycles. The predicted molar refractivity (Wildman–Crippen MR) is 140 cm³/mol. The van der Waals surface area contributed by atoms with Crippen LogP contribution in [0.2, 0.25) is 5.02 Å². The van der Waals surface area contributed by atoms with Gasteiger partial charge in [0.2, 0.25) is 5.89 Å². The van der Waals surface area contributed by atoms with Crippen molar-refractivity contribution in [1.29, 1.82) is 0 Å². The number of carbonyl (C=O) groups is 2. The summed E-state index contributed by atoms with van der Waals surface area (Å²) >= 11 is 7.65. The van der Waals surface area contributed by atoms with Gasteiger partial charge in [0.05, 0.1) is 5.57 Å². The minimum absolute atomic E-state index is 0.143. The number of aryl methyl sites for hydroxylation is 1. The summed E-state index contributed by atoms with van der Waals surface area (Å²) in [5, 5.41) is 0.510. The van der Waals surface area contributed by atoms with Crippen LogP contribution in [0.4, 0.5) is 0 Å². The lowest BCUT2D eigenvalue weighted by atomic mass is 10.0. The molecule has 0 spiro atoms. The van der Waals surface area contributed by atoms with Crippen LogP contribution in [0.3, 0.4) is 0 Å². The van der Waals surface area contributed by atoms with Gasteiger partial charge in [-0.1, -0.05) is 61.0 Å². The minimum atomic E-state index is -0.299. The Bertz CT molecular complexity index is 1630. The first kappa shape index (κ1) is 21.7. The smallest absolute Gasteiger partial charge is 0.228 e. The Morgan fingerprint density at radius 1 is 0.886 bits per heavy atom. The van der Waals surface area contributed by atoms with E-state index in [1.54, 1.807) is 18.2 Å².